The Morgan fingerprint density at radius 2 is 2.00 bits per heavy atom. The predicted molar refractivity (Wildman–Crippen MR) is 65.2 cm³/mol. The Bertz CT molecular complexity index is 718. The van der Waals surface area contributed by atoms with Crippen molar-refractivity contribution in [2.45, 2.75) is 12.7 Å². The minimum Gasteiger partial charge on any atom is -0.454 e. The topological polar surface area (TPSA) is 90.3 Å². The van der Waals surface area contributed by atoms with Crippen molar-refractivity contribution in [2.75, 3.05) is 0 Å². The fourth-order valence-electron chi connectivity index (χ4n) is 1.74. The van der Waals surface area contributed by atoms with Crippen molar-refractivity contribution in [1.29, 1.82) is 0 Å². The van der Waals surface area contributed by atoms with Crippen molar-refractivity contribution in [3.63, 3.8) is 0 Å². The van der Waals surface area contributed by atoms with Gasteiger partial charge in [0.1, 0.15) is 11.5 Å². The Morgan fingerprint density at radius 1 is 1.29 bits per heavy atom. The molecule has 0 saturated carbocycles. The average Bonchev–Trinajstić information content (AvgIpc) is 2.87. The smallest absolute Gasteiger partial charge is 0.431 e. The minimum absolute atomic E-state index is 0.0207. The van der Waals surface area contributed by atoms with Gasteiger partial charge >= 0.3 is 12.1 Å². The Hall–Kier alpha value is -2.55. The molecule has 0 aromatic carbocycles. The zero-order valence-corrected chi connectivity index (χ0v) is 10.5. The van der Waals surface area contributed by atoms with Crippen LogP contribution in [0.3, 0.4) is 0 Å². The van der Waals surface area contributed by atoms with Crippen LogP contribution in [0.15, 0.2) is 39.5 Å². The summed E-state index contributed by atoms with van der Waals surface area (Å²) in [6.07, 6.45) is -4.68. The lowest BCUT2D eigenvalue weighted by atomic mass is 10.3. The molecule has 0 saturated heterocycles. The molecule has 6 nitrogen and oxygen atoms in total. The van der Waals surface area contributed by atoms with E-state index < -0.39 is 29.9 Å². The molecule has 2 heterocycles. The molecule has 21 heavy (non-hydrogen) atoms. The van der Waals surface area contributed by atoms with E-state index in [1.807, 2.05) is 5.43 Å². The normalized spacial score (nSPS) is 11.4. The molecule has 0 fully saturated rings. The van der Waals surface area contributed by atoms with Crippen molar-refractivity contribution < 1.29 is 22.4 Å². The molecule has 112 valence electrons. The summed E-state index contributed by atoms with van der Waals surface area (Å²) in [4.78, 5) is 22.8. The predicted octanol–water partition coefficient (Wildman–Crippen LogP) is 1.11. The average molecular weight is 301 g/mol. The first-order valence-electron chi connectivity index (χ1n) is 5.69. The van der Waals surface area contributed by atoms with E-state index in [2.05, 4.69) is 0 Å². The Morgan fingerprint density at radius 3 is 2.62 bits per heavy atom. The van der Waals surface area contributed by atoms with Gasteiger partial charge in [-0.2, -0.15) is 13.2 Å². The number of nitrogen functional groups attached to an aromatic ring is 1. The minimum atomic E-state index is -4.68. The summed E-state index contributed by atoms with van der Waals surface area (Å²) in [7, 11) is 0. The second-order valence-corrected chi connectivity index (χ2v) is 4.07. The van der Waals surface area contributed by atoms with E-state index in [4.69, 9.17) is 10.3 Å². The number of amides is 1. The molecule has 9 heteroatoms. The highest BCUT2D eigenvalue weighted by Gasteiger charge is 2.34. The fraction of sp³-hybridized carbons (Fsp3) is 0.167. The van der Waals surface area contributed by atoms with Gasteiger partial charge < -0.3 is 4.42 Å². The molecule has 3 N–H and O–H groups in total. The van der Waals surface area contributed by atoms with Gasteiger partial charge in [-0.05, 0) is 18.2 Å². The maximum atomic E-state index is 12.8. The number of hydrogen-bond acceptors (Lipinski definition) is 4. The fourth-order valence-corrected chi connectivity index (χ4v) is 1.74. The Labute approximate surface area is 115 Å². The first-order valence-corrected chi connectivity index (χ1v) is 5.69. The van der Waals surface area contributed by atoms with Gasteiger partial charge in [-0.25, -0.2) is 5.84 Å². The third-order valence-corrected chi connectivity index (χ3v) is 2.67. The number of hydrazine groups is 1. The van der Waals surface area contributed by atoms with Crippen LogP contribution in [-0.2, 0) is 12.7 Å². The highest BCUT2D eigenvalue weighted by Crippen LogP contribution is 2.28. The molecule has 2 rings (SSSR count). The monoisotopic (exact) mass is 301 g/mol. The number of hydrogen-bond donors (Lipinski definition) is 2. The van der Waals surface area contributed by atoms with Crippen LogP contribution in [-0.4, -0.2) is 10.5 Å². The number of nitrogens with one attached hydrogen (secondary N) is 1. The van der Waals surface area contributed by atoms with Crippen molar-refractivity contribution in [3.05, 3.63) is 57.9 Å². The lowest BCUT2D eigenvalue weighted by Gasteiger charge is -2.13. The molecule has 1 amide bonds. The van der Waals surface area contributed by atoms with Crippen LogP contribution in [0.1, 0.15) is 22.0 Å². The summed E-state index contributed by atoms with van der Waals surface area (Å²) in [5, 5.41) is 0. The summed E-state index contributed by atoms with van der Waals surface area (Å²) in [6, 6.07) is 5.36. The van der Waals surface area contributed by atoms with Crippen LogP contribution in [0.4, 0.5) is 13.2 Å². The molecule has 0 unspecified atom stereocenters. The summed E-state index contributed by atoms with van der Waals surface area (Å²) in [5.41, 5.74) is -0.104. The van der Waals surface area contributed by atoms with Crippen LogP contribution in [0.25, 0.3) is 0 Å². The largest absolute Gasteiger partial charge is 0.454 e. The first kappa shape index (κ1) is 14.9. The molecular weight excluding hydrogens is 291 g/mol. The van der Waals surface area contributed by atoms with Gasteiger partial charge in [0.15, 0.2) is 5.76 Å². The number of alkyl halides is 3. The van der Waals surface area contributed by atoms with E-state index in [0.29, 0.717) is 4.57 Å². The standard InChI is InChI=1S/C12H10F3N3O3/c13-12(14,15)9-2-1-3-10(19)18(9)6-7-4-5-8(21-7)11(20)17-16/h1-5H,6,16H2,(H,17,20). The number of furan rings is 1. The number of aromatic nitrogens is 1. The maximum absolute atomic E-state index is 12.8. The number of pyridine rings is 1. The molecule has 0 atom stereocenters. The number of halogens is 3. The molecule has 0 radical (unpaired) electrons. The van der Waals surface area contributed by atoms with Gasteiger partial charge in [-0.3, -0.25) is 19.6 Å². The third-order valence-electron chi connectivity index (χ3n) is 2.67. The number of nitrogens with two attached hydrogens (primary N) is 1. The van der Waals surface area contributed by atoms with E-state index in [-0.39, 0.29) is 11.5 Å². The van der Waals surface area contributed by atoms with Gasteiger partial charge in [0, 0.05) is 6.07 Å². The number of rotatable bonds is 3. The Kier molecular flexibility index (Phi) is 3.85. The van der Waals surface area contributed by atoms with Gasteiger partial charge in [-0.15, -0.1) is 0 Å². The number of nitrogens with zero attached hydrogens (tertiary/aromatic N) is 1. The zero-order valence-electron chi connectivity index (χ0n) is 10.5. The van der Waals surface area contributed by atoms with E-state index in [1.165, 1.54) is 12.1 Å². The van der Waals surface area contributed by atoms with Crippen molar-refractivity contribution in [1.82, 2.24) is 9.99 Å². The van der Waals surface area contributed by atoms with Gasteiger partial charge in [0.25, 0.3) is 5.56 Å². The van der Waals surface area contributed by atoms with Crippen LogP contribution in [0.5, 0.6) is 0 Å². The van der Waals surface area contributed by atoms with Gasteiger partial charge in [0.05, 0.1) is 6.54 Å². The SMILES string of the molecule is NNC(=O)c1ccc(Cn2c(C(F)(F)F)cccc2=O)o1. The Balaban J connectivity index is 2.38. The van der Waals surface area contributed by atoms with Crippen molar-refractivity contribution in [2.24, 2.45) is 5.84 Å². The molecule has 2 aromatic heterocycles. The summed E-state index contributed by atoms with van der Waals surface area (Å²) in [6.45, 7) is -0.452. The molecule has 0 aliphatic carbocycles. The summed E-state index contributed by atoms with van der Waals surface area (Å²) < 4.78 is 44.1. The van der Waals surface area contributed by atoms with Crippen LogP contribution in [0.2, 0.25) is 0 Å². The van der Waals surface area contributed by atoms with E-state index in [9.17, 15) is 22.8 Å². The third kappa shape index (κ3) is 3.14. The van der Waals surface area contributed by atoms with E-state index in [0.717, 1.165) is 18.2 Å². The van der Waals surface area contributed by atoms with E-state index >= 15 is 0 Å². The maximum Gasteiger partial charge on any atom is 0.431 e. The van der Waals surface area contributed by atoms with E-state index in [1.54, 1.807) is 0 Å². The lowest BCUT2D eigenvalue weighted by Crippen LogP contribution is -2.29. The molecule has 0 aliphatic heterocycles. The zero-order chi connectivity index (χ0) is 15.6. The van der Waals surface area contributed by atoms with Crippen molar-refractivity contribution >= 4 is 5.91 Å². The summed E-state index contributed by atoms with van der Waals surface area (Å²) in [5.74, 6) is 4.04. The molecule has 0 aliphatic rings. The second-order valence-electron chi connectivity index (χ2n) is 4.07. The van der Waals surface area contributed by atoms with Crippen LogP contribution in [0, 0.1) is 0 Å². The lowest BCUT2D eigenvalue weighted by molar-refractivity contribution is -0.144. The molecular formula is C12H10F3N3O3. The summed E-state index contributed by atoms with van der Waals surface area (Å²) >= 11 is 0. The number of carbonyl (C=O) groups is 1. The molecule has 0 spiro atoms. The molecule has 0 bridgehead atoms. The van der Waals surface area contributed by atoms with Crippen LogP contribution < -0.4 is 16.8 Å². The highest BCUT2D eigenvalue weighted by atomic mass is 19.4. The second kappa shape index (κ2) is 5.44. The molecule has 2 aromatic rings. The van der Waals surface area contributed by atoms with Gasteiger partial charge in [-0.1, -0.05) is 6.07 Å². The number of carbonyl (C=O) groups excluding carboxylic acids is 1. The van der Waals surface area contributed by atoms with Crippen molar-refractivity contribution in [3.8, 4) is 0 Å². The highest BCUT2D eigenvalue weighted by molar-refractivity contribution is 5.90. The van der Waals surface area contributed by atoms with Crippen LogP contribution >= 0.6 is 0 Å². The quantitative estimate of drug-likeness (QED) is 0.505. The first-order chi connectivity index (χ1) is 9.82. The van der Waals surface area contributed by atoms with Gasteiger partial charge in [0.2, 0.25) is 0 Å².